The Balaban J connectivity index is 1.91. The van der Waals surface area contributed by atoms with Gasteiger partial charge >= 0.3 is 7.48 Å². The first-order valence-corrected chi connectivity index (χ1v) is 5.73. The molecule has 0 saturated heterocycles. The Morgan fingerprint density at radius 1 is 1.22 bits per heavy atom. The maximum Gasteiger partial charge on any atom is 0.309 e. The predicted octanol–water partition coefficient (Wildman–Crippen LogP) is 1.86. The Hall–Kier alpha value is -2.25. The minimum absolute atomic E-state index is 0.536. The third-order valence-electron chi connectivity index (χ3n) is 2.93. The Bertz CT molecular complexity index is 634. The van der Waals surface area contributed by atoms with Gasteiger partial charge in [0.05, 0.1) is 12.2 Å². The first-order chi connectivity index (χ1) is 8.86. The molecule has 0 N–H and O–H groups in total. The highest BCUT2D eigenvalue weighted by atomic mass is 16.5. The van der Waals surface area contributed by atoms with E-state index in [9.17, 15) is 0 Å². The van der Waals surface area contributed by atoms with Crippen LogP contribution in [0, 0.1) is 11.3 Å². The van der Waals surface area contributed by atoms with Crippen LogP contribution < -0.4 is 10.2 Å². The normalized spacial score (nSPS) is 12.4. The number of para-hydroxylation sites is 1. The van der Waals surface area contributed by atoms with Crippen molar-refractivity contribution in [1.82, 2.24) is 0 Å². The van der Waals surface area contributed by atoms with Gasteiger partial charge in [-0.25, -0.2) is 0 Å². The second-order valence-electron chi connectivity index (χ2n) is 4.13. The molecule has 2 aromatic rings. The van der Waals surface area contributed by atoms with Gasteiger partial charge in [0.1, 0.15) is 17.6 Å². The molecular weight excluding hydrogens is 225 g/mol. The molecule has 0 spiro atoms. The monoisotopic (exact) mass is 235 g/mol. The van der Waals surface area contributed by atoms with Gasteiger partial charge < -0.3 is 9.39 Å². The molecule has 0 aromatic heterocycles. The van der Waals surface area contributed by atoms with Crippen LogP contribution in [0.1, 0.15) is 11.1 Å². The molecule has 4 heteroatoms. The fraction of sp³-hybridized carbons (Fsp3) is 0.0714. The molecule has 1 aliphatic rings. The van der Waals surface area contributed by atoms with Crippen LogP contribution in [0.4, 0.5) is 0 Å². The van der Waals surface area contributed by atoms with Gasteiger partial charge in [-0.1, -0.05) is 18.2 Å². The number of hydrogen-bond acceptors (Lipinski definition) is 3. The van der Waals surface area contributed by atoms with Crippen molar-refractivity contribution in [2.24, 2.45) is 0 Å². The van der Waals surface area contributed by atoms with Crippen LogP contribution in [0.3, 0.4) is 0 Å². The van der Waals surface area contributed by atoms with Crippen molar-refractivity contribution in [2.45, 2.75) is 6.61 Å². The van der Waals surface area contributed by atoms with E-state index in [1.807, 2.05) is 30.3 Å². The summed E-state index contributed by atoms with van der Waals surface area (Å²) in [6.07, 6.45) is 0. The van der Waals surface area contributed by atoms with E-state index < -0.39 is 0 Å². The Kier molecular flexibility index (Phi) is 2.75. The average Bonchev–Trinajstić information content (AvgIpc) is 2.87. The summed E-state index contributed by atoms with van der Waals surface area (Å²) in [5.41, 5.74) is 2.90. The summed E-state index contributed by atoms with van der Waals surface area (Å²) in [6, 6.07) is 15.2. The number of benzene rings is 2. The molecule has 0 bridgehead atoms. The first kappa shape index (κ1) is 10.9. The van der Waals surface area contributed by atoms with E-state index in [1.54, 1.807) is 12.1 Å². The van der Waals surface area contributed by atoms with Crippen LogP contribution in [-0.4, -0.2) is 7.48 Å². The fourth-order valence-electron chi connectivity index (χ4n) is 1.99. The zero-order valence-corrected chi connectivity index (χ0v) is 9.72. The summed E-state index contributed by atoms with van der Waals surface area (Å²) in [5.74, 6) is 1.32. The number of nitriles is 1. The number of nitrogens with zero attached hydrogens (tertiary/aromatic N) is 1. The van der Waals surface area contributed by atoms with Gasteiger partial charge in [0.15, 0.2) is 0 Å². The van der Waals surface area contributed by atoms with Crippen LogP contribution in [0.2, 0.25) is 0 Å². The molecule has 18 heavy (non-hydrogen) atoms. The van der Waals surface area contributed by atoms with Crippen molar-refractivity contribution in [1.29, 1.82) is 5.26 Å². The van der Waals surface area contributed by atoms with Crippen LogP contribution >= 0.6 is 0 Å². The van der Waals surface area contributed by atoms with E-state index in [-0.39, 0.29) is 0 Å². The zero-order valence-electron chi connectivity index (χ0n) is 9.72. The van der Waals surface area contributed by atoms with Gasteiger partial charge in [-0.15, -0.1) is 0 Å². The molecule has 86 valence electrons. The number of rotatable bonds is 2. The number of fused-ring (bicyclic) bond motifs is 1. The van der Waals surface area contributed by atoms with E-state index in [0.717, 1.165) is 11.3 Å². The molecule has 0 fully saturated rings. The van der Waals surface area contributed by atoms with Gasteiger partial charge in [0, 0.05) is 0 Å². The summed E-state index contributed by atoms with van der Waals surface area (Å²) in [4.78, 5) is 0. The minimum Gasteiger partial charge on any atom is -0.456 e. The van der Waals surface area contributed by atoms with Gasteiger partial charge in [-0.2, -0.15) is 5.26 Å². The second-order valence-corrected chi connectivity index (χ2v) is 4.13. The molecule has 1 heterocycles. The van der Waals surface area contributed by atoms with E-state index in [0.29, 0.717) is 25.4 Å². The quantitative estimate of drug-likeness (QED) is 0.746. The number of hydrogen-bond donors (Lipinski definition) is 0. The van der Waals surface area contributed by atoms with Crippen molar-refractivity contribution >= 4 is 12.9 Å². The molecule has 0 unspecified atom stereocenters. The highest BCUT2D eigenvalue weighted by Gasteiger charge is 2.14. The van der Waals surface area contributed by atoms with E-state index in [2.05, 4.69) is 6.07 Å². The Labute approximate surface area is 106 Å². The smallest absolute Gasteiger partial charge is 0.309 e. The lowest BCUT2D eigenvalue weighted by atomic mass is 9.87. The lowest BCUT2D eigenvalue weighted by molar-refractivity contribution is 0.344. The standard InChI is InChI=1S/C14H10BNO2/c16-8-10-3-1-2-4-14(10)18-12-5-6-13-11(7-12)9-17-15-13/h1-7,15H,9H2. The lowest BCUT2D eigenvalue weighted by Crippen LogP contribution is -2.10. The Morgan fingerprint density at radius 3 is 3.00 bits per heavy atom. The van der Waals surface area contributed by atoms with Gasteiger partial charge in [0.2, 0.25) is 0 Å². The van der Waals surface area contributed by atoms with Crippen LogP contribution in [0.5, 0.6) is 11.5 Å². The average molecular weight is 235 g/mol. The second kappa shape index (κ2) is 4.56. The molecule has 0 atom stereocenters. The van der Waals surface area contributed by atoms with E-state index in [1.165, 1.54) is 5.46 Å². The molecule has 0 radical (unpaired) electrons. The fourth-order valence-corrected chi connectivity index (χ4v) is 1.99. The third-order valence-corrected chi connectivity index (χ3v) is 2.93. The van der Waals surface area contributed by atoms with Crippen molar-refractivity contribution in [3.8, 4) is 17.6 Å². The maximum atomic E-state index is 9.00. The van der Waals surface area contributed by atoms with Crippen molar-refractivity contribution in [2.75, 3.05) is 0 Å². The SMILES string of the molecule is N#Cc1ccccc1Oc1ccc2c(c1)COB2. The summed E-state index contributed by atoms with van der Waals surface area (Å²) in [7, 11) is 0.671. The molecule has 0 amide bonds. The van der Waals surface area contributed by atoms with Crippen LogP contribution in [0.25, 0.3) is 0 Å². The topological polar surface area (TPSA) is 42.2 Å². The van der Waals surface area contributed by atoms with Gasteiger partial charge in [-0.05, 0) is 35.3 Å². The minimum atomic E-state index is 0.536. The lowest BCUT2D eigenvalue weighted by Gasteiger charge is -2.08. The summed E-state index contributed by atoms with van der Waals surface area (Å²) >= 11 is 0. The largest absolute Gasteiger partial charge is 0.456 e. The number of ether oxygens (including phenoxy) is 1. The third kappa shape index (κ3) is 1.96. The molecule has 3 rings (SSSR count). The molecule has 2 aromatic carbocycles. The van der Waals surface area contributed by atoms with E-state index in [4.69, 9.17) is 14.7 Å². The molecule has 0 saturated carbocycles. The van der Waals surface area contributed by atoms with Crippen molar-refractivity contribution < 1.29 is 9.39 Å². The summed E-state index contributed by atoms with van der Waals surface area (Å²) in [5, 5.41) is 9.00. The predicted molar refractivity (Wildman–Crippen MR) is 69.2 cm³/mol. The van der Waals surface area contributed by atoms with Gasteiger partial charge in [0.25, 0.3) is 0 Å². The van der Waals surface area contributed by atoms with Crippen LogP contribution in [0.15, 0.2) is 42.5 Å². The molecule has 3 nitrogen and oxygen atoms in total. The summed E-state index contributed by atoms with van der Waals surface area (Å²) in [6.45, 7) is 0.631. The molecule has 0 aliphatic carbocycles. The summed E-state index contributed by atoms with van der Waals surface area (Å²) < 4.78 is 11.1. The zero-order chi connectivity index (χ0) is 12.4. The van der Waals surface area contributed by atoms with Gasteiger partial charge in [-0.3, -0.25) is 0 Å². The first-order valence-electron chi connectivity index (χ1n) is 5.73. The highest BCUT2D eigenvalue weighted by Crippen LogP contribution is 2.25. The molecular formula is C14H10BNO2. The van der Waals surface area contributed by atoms with Crippen molar-refractivity contribution in [3.05, 3.63) is 53.6 Å². The van der Waals surface area contributed by atoms with E-state index >= 15 is 0 Å². The van der Waals surface area contributed by atoms with Crippen LogP contribution in [-0.2, 0) is 11.3 Å². The molecule has 1 aliphatic heterocycles. The Morgan fingerprint density at radius 2 is 2.11 bits per heavy atom. The maximum absolute atomic E-state index is 9.00. The van der Waals surface area contributed by atoms with Crippen molar-refractivity contribution in [3.63, 3.8) is 0 Å². The highest BCUT2D eigenvalue weighted by molar-refractivity contribution is 6.48.